The minimum atomic E-state index is -2.35. The second kappa shape index (κ2) is 7.19. The number of halogens is 1. The third-order valence-corrected chi connectivity index (χ3v) is 3.59. The molecule has 104 valence electrons. The number of anilines is 1. The molecule has 0 aliphatic heterocycles. The molecule has 1 atom stereocenters. The Bertz CT molecular complexity index is 595. The fourth-order valence-electron chi connectivity index (χ4n) is 1.41. The van der Waals surface area contributed by atoms with Crippen LogP contribution in [-0.2, 0) is 0 Å². The predicted octanol–water partition coefficient (Wildman–Crippen LogP) is -0.255. The zero-order chi connectivity index (χ0) is 14.4. The molecular formula is C12H10ClN2O4P. The van der Waals surface area contributed by atoms with Gasteiger partial charge in [0.2, 0.25) is 7.94 Å². The lowest BCUT2D eigenvalue weighted by molar-refractivity contribution is -1.62. The molecule has 2 aromatic rings. The standard InChI is InChI=1S/C12H10ClN2O4P/c16-13(17)19-12-9-5-4-8-11(12)14-15-20(18)10-6-2-1-3-7-10/h1-9,14H. The van der Waals surface area contributed by atoms with Gasteiger partial charge in [-0.15, -0.1) is 4.29 Å². The van der Waals surface area contributed by atoms with E-state index in [1.165, 1.54) is 6.07 Å². The molecule has 1 N–H and O–H groups in total. The van der Waals surface area contributed by atoms with E-state index in [0.717, 1.165) is 0 Å². The van der Waals surface area contributed by atoms with Gasteiger partial charge in [-0.05, 0) is 24.3 Å². The van der Waals surface area contributed by atoms with E-state index in [1.54, 1.807) is 42.5 Å². The number of hydrogen-bond donors (Lipinski definition) is 1. The van der Waals surface area contributed by atoms with Gasteiger partial charge in [-0.25, -0.2) is 5.43 Å². The topological polar surface area (TPSA) is 103 Å². The maximum Gasteiger partial charge on any atom is 0.349 e. The summed E-state index contributed by atoms with van der Waals surface area (Å²) in [5, 5.41) is 0.568. The Balaban J connectivity index is 2.14. The maximum atomic E-state index is 11.9. The average Bonchev–Trinajstić information content (AvgIpc) is 2.46. The Hall–Kier alpha value is -1.69. The zero-order valence-corrected chi connectivity index (χ0v) is 11.8. The number of benzene rings is 2. The van der Waals surface area contributed by atoms with Gasteiger partial charge in [-0.2, -0.15) is 0 Å². The molecule has 0 amide bonds. The van der Waals surface area contributed by atoms with Crippen molar-refractivity contribution in [3.63, 3.8) is 0 Å². The largest absolute Gasteiger partial charge is 0.606 e. The first-order valence-corrected chi connectivity index (χ1v) is 7.62. The maximum absolute atomic E-state index is 11.9. The molecular weight excluding hydrogens is 303 g/mol. The van der Waals surface area contributed by atoms with Crippen molar-refractivity contribution >= 4 is 18.9 Å². The molecule has 8 heteroatoms. The van der Waals surface area contributed by atoms with Gasteiger partial charge in [0, 0.05) is 4.85 Å². The van der Waals surface area contributed by atoms with Crippen LogP contribution < -0.4 is 29.2 Å². The van der Waals surface area contributed by atoms with Crippen molar-refractivity contribution in [1.29, 1.82) is 0 Å². The van der Waals surface area contributed by atoms with Crippen LogP contribution >= 0.6 is 7.94 Å². The lowest BCUT2D eigenvalue weighted by atomic mass is 10.3. The fraction of sp³-hybridized carbons (Fsp3) is 0. The molecule has 0 fully saturated rings. The third kappa shape index (κ3) is 4.16. The molecule has 1 unspecified atom stereocenters. The van der Waals surface area contributed by atoms with E-state index in [9.17, 15) is 14.2 Å². The van der Waals surface area contributed by atoms with Gasteiger partial charge in [0.05, 0.1) is 0 Å². The van der Waals surface area contributed by atoms with Gasteiger partial charge in [0.15, 0.2) is 5.30 Å². The van der Waals surface area contributed by atoms with Crippen LogP contribution in [0, 0.1) is 10.8 Å². The van der Waals surface area contributed by atoms with E-state index in [4.69, 9.17) is 0 Å². The molecule has 0 aliphatic rings. The third-order valence-electron chi connectivity index (χ3n) is 2.27. The first-order chi connectivity index (χ1) is 9.66. The molecule has 0 saturated carbocycles. The van der Waals surface area contributed by atoms with Gasteiger partial charge >= 0.3 is 10.8 Å². The highest BCUT2D eigenvalue weighted by atomic mass is 35.6. The summed E-state index contributed by atoms with van der Waals surface area (Å²) < 4.78 is 25.6. The van der Waals surface area contributed by atoms with Crippen molar-refractivity contribution in [1.82, 2.24) is 0 Å². The number of nitrogens with one attached hydrogen (secondary N) is 1. The molecule has 0 bridgehead atoms. The second-order valence-corrected chi connectivity index (χ2v) is 5.38. The molecule has 2 rings (SSSR count). The summed E-state index contributed by atoms with van der Waals surface area (Å²) in [7, 11) is -4.33. The van der Waals surface area contributed by atoms with E-state index in [0.29, 0.717) is 11.0 Å². The van der Waals surface area contributed by atoms with E-state index in [-0.39, 0.29) is 5.75 Å². The van der Waals surface area contributed by atoms with E-state index in [1.807, 2.05) is 6.07 Å². The normalized spacial score (nSPS) is 11.5. The molecule has 0 aliphatic carbocycles. The average molecular weight is 313 g/mol. The fourth-order valence-corrected chi connectivity index (χ4v) is 2.42. The van der Waals surface area contributed by atoms with Gasteiger partial charge < -0.3 is 14.2 Å². The van der Waals surface area contributed by atoms with Crippen LogP contribution in [0.1, 0.15) is 0 Å². The van der Waals surface area contributed by atoms with Crippen LogP contribution in [0.3, 0.4) is 0 Å². The summed E-state index contributed by atoms with van der Waals surface area (Å²) in [6.07, 6.45) is 0. The summed E-state index contributed by atoms with van der Waals surface area (Å²) in [6, 6.07) is 15.0. The lowest BCUT2D eigenvalue weighted by Gasteiger charge is -2.02. The minimum Gasteiger partial charge on any atom is -0.606 e. The van der Waals surface area contributed by atoms with Crippen LogP contribution in [0.5, 0.6) is 5.75 Å². The van der Waals surface area contributed by atoms with Crippen molar-refractivity contribution in [2.75, 3.05) is 5.43 Å². The van der Waals surface area contributed by atoms with Gasteiger partial charge in [-0.1, -0.05) is 30.3 Å². The molecule has 0 heterocycles. The van der Waals surface area contributed by atoms with Crippen LogP contribution in [0.4, 0.5) is 5.69 Å². The quantitative estimate of drug-likeness (QED) is 0.605. The summed E-state index contributed by atoms with van der Waals surface area (Å²) in [5.41, 5.74) is 2.86. The van der Waals surface area contributed by atoms with Crippen LogP contribution in [0.2, 0.25) is 0 Å². The molecule has 20 heavy (non-hydrogen) atoms. The summed E-state index contributed by atoms with van der Waals surface area (Å²) >= 11 is 0. The van der Waals surface area contributed by atoms with Crippen LogP contribution in [-0.4, -0.2) is 0 Å². The molecule has 0 spiro atoms. The molecule has 0 saturated heterocycles. The highest BCUT2D eigenvalue weighted by molar-refractivity contribution is 7.48. The van der Waals surface area contributed by atoms with Crippen LogP contribution in [0.25, 0.3) is 0 Å². The Kier molecular flexibility index (Phi) is 5.29. The summed E-state index contributed by atoms with van der Waals surface area (Å²) in [6.45, 7) is 0. The first kappa shape index (κ1) is 14.7. The summed E-state index contributed by atoms with van der Waals surface area (Å²) in [5.74, 6) is 0.0678. The van der Waals surface area contributed by atoms with Crippen molar-refractivity contribution in [3.05, 3.63) is 54.6 Å². The highest BCUT2D eigenvalue weighted by Crippen LogP contribution is 2.26. The van der Waals surface area contributed by atoms with Crippen molar-refractivity contribution < 1.29 is 29.3 Å². The smallest absolute Gasteiger partial charge is 0.349 e. The Morgan fingerprint density at radius 3 is 2.35 bits per heavy atom. The minimum absolute atomic E-state index is 0.0678. The Morgan fingerprint density at radius 1 is 1.00 bits per heavy atom. The Labute approximate surface area is 119 Å². The number of rotatable bonds is 5. The Morgan fingerprint density at radius 2 is 1.65 bits per heavy atom. The molecule has 2 aromatic carbocycles. The molecule has 0 aromatic heterocycles. The number of hydrogen-bond acceptors (Lipinski definition) is 5. The molecule has 0 radical (unpaired) electrons. The van der Waals surface area contributed by atoms with Crippen LogP contribution in [0.15, 0.2) is 59.5 Å². The van der Waals surface area contributed by atoms with Gasteiger partial charge in [0.25, 0.3) is 5.75 Å². The zero-order valence-electron chi connectivity index (χ0n) is 10.1. The predicted molar refractivity (Wildman–Crippen MR) is 66.1 cm³/mol. The van der Waals surface area contributed by atoms with Gasteiger partial charge in [0.1, 0.15) is 5.69 Å². The van der Waals surface area contributed by atoms with E-state index < -0.39 is 18.7 Å². The number of nitrogens with zero attached hydrogens (tertiary/aromatic N) is 1. The highest BCUT2D eigenvalue weighted by Gasteiger charge is 2.15. The van der Waals surface area contributed by atoms with E-state index >= 15 is 0 Å². The SMILES string of the molecule is [O-]/[P+](=N\Nc1ccccc1O[Cl+2]([O-])[O-])c1ccccc1. The van der Waals surface area contributed by atoms with Gasteiger partial charge in [-0.3, -0.25) is 0 Å². The number of para-hydroxylation sites is 2. The first-order valence-electron chi connectivity index (χ1n) is 5.48. The van der Waals surface area contributed by atoms with Crippen molar-refractivity contribution in [3.8, 4) is 5.75 Å². The van der Waals surface area contributed by atoms with Crippen molar-refractivity contribution in [2.45, 2.75) is 0 Å². The summed E-state index contributed by atoms with van der Waals surface area (Å²) in [4.78, 5) is 15.7. The van der Waals surface area contributed by atoms with E-state index in [2.05, 4.69) is 14.6 Å². The van der Waals surface area contributed by atoms with Crippen molar-refractivity contribution in [2.24, 2.45) is 4.85 Å². The molecule has 6 nitrogen and oxygen atoms in total. The lowest BCUT2D eigenvalue weighted by Crippen LogP contribution is -2.36. The monoisotopic (exact) mass is 312 g/mol. The second-order valence-electron chi connectivity index (χ2n) is 3.58.